The SMILES string of the molecule is COC(=O)c1nn(C2CCCCO2)c2cc(Br)cc(Cl)c12. The van der Waals surface area contributed by atoms with E-state index in [2.05, 4.69) is 21.0 Å². The molecule has 1 fully saturated rings. The van der Waals surface area contributed by atoms with E-state index >= 15 is 0 Å². The highest BCUT2D eigenvalue weighted by Crippen LogP contribution is 2.34. The highest BCUT2D eigenvalue weighted by atomic mass is 79.9. The van der Waals surface area contributed by atoms with E-state index in [0.717, 1.165) is 29.3 Å². The molecule has 0 N–H and O–H groups in total. The number of halogens is 2. The summed E-state index contributed by atoms with van der Waals surface area (Å²) in [5.74, 6) is -0.501. The first kappa shape index (κ1) is 14.8. The summed E-state index contributed by atoms with van der Waals surface area (Å²) in [6, 6.07) is 3.63. The average Bonchev–Trinajstić information content (AvgIpc) is 2.87. The molecule has 0 amide bonds. The zero-order chi connectivity index (χ0) is 15.0. The molecule has 0 radical (unpaired) electrons. The first-order chi connectivity index (χ1) is 10.1. The van der Waals surface area contributed by atoms with Gasteiger partial charge in [-0.2, -0.15) is 5.10 Å². The third-order valence-electron chi connectivity index (χ3n) is 3.53. The number of fused-ring (bicyclic) bond motifs is 1. The third kappa shape index (κ3) is 2.67. The fraction of sp³-hybridized carbons (Fsp3) is 0.429. The molecule has 21 heavy (non-hydrogen) atoms. The van der Waals surface area contributed by atoms with Crippen LogP contribution in [0.1, 0.15) is 36.0 Å². The second kappa shape index (κ2) is 5.94. The maximum atomic E-state index is 12.0. The van der Waals surface area contributed by atoms with Gasteiger partial charge in [-0.15, -0.1) is 0 Å². The normalized spacial score (nSPS) is 18.9. The van der Waals surface area contributed by atoms with Gasteiger partial charge in [0, 0.05) is 11.1 Å². The van der Waals surface area contributed by atoms with E-state index < -0.39 is 5.97 Å². The minimum Gasteiger partial charge on any atom is -0.464 e. The van der Waals surface area contributed by atoms with Gasteiger partial charge in [0.1, 0.15) is 0 Å². The van der Waals surface area contributed by atoms with E-state index in [1.54, 1.807) is 10.7 Å². The summed E-state index contributed by atoms with van der Waals surface area (Å²) in [5, 5.41) is 5.46. The average molecular weight is 374 g/mol. The van der Waals surface area contributed by atoms with Gasteiger partial charge in [0.2, 0.25) is 0 Å². The Bertz CT molecular complexity index is 695. The minimum atomic E-state index is -0.501. The Morgan fingerprint density at radius 1 is 1.52 bits per heavy atom. The Kier molecular flexibility index (Phi) is 4.19. The Morgan fingerprint density at radius 3 is 3.00 bits per heavy atom. The van der Waals surface area contributed by atoms with E-state index in [1.165, 1.54) is 7.11 Å². The molecule has 0 spiro atoms. The second-order valence-corrected chi connectivity index (χ2v) is 6.21. The van der Waals surface area contributed by atoms with E-state index in [0.29, 0.717) is 17.0 Å². The predicted octanol–water partition coefficient (Wildman–Crippen LogP) is 3.94. The lowest BCUT2D eigenvalue weighted by Gasteiger charge is -2.23. The van der Waals surface area contributed by atoms with Gasteiger partial charge in [-0.1, -0.05) is 27.5 Å². The molecule has 0 saturated carbocycles. The Balaban J connectivity index is 2.21. The summed E-state index contributed by atoms with van der Waals surface area (Å²) in [7, 11) is 1.33. The molecular formula is C14H14BrClN2O3. The van der Waals surface area contributed by atoms with Crippen molar-refractivity contribution in [2.45, 2.75) is 25.5 Å². The molecule has 2 heterocycles. The van der Waals surface area contributed by atoms with Gasteiger partial charge in [-0.05, 0) is 31.4 Å². The lowest BCUT2D eigenvalue weighted by molar-refractivity contribution is -0.0369. The standard InChI is InChI=1S/C14H14BrClN2O3/c1-20-14(19)13-12-9(16)6-8(15)7-10(12)18(17-13)11-4-2-3-5-21-11/h6-7,11H,2-5H2,1H3. The predicted molar refractivity (Wildman–Crippen MR) is 82.6 cm³/mol. The highest BCUT2D eigenvalue weighted by Gasteiger charge is 2.25. The maximum Gasteiger partial charge on any atom is 0.359 e. The topological polar surface area (TPSA) is 53.3 Å². The number of nitrogens with zero attached hydrogens (tertiary/aromatic N) is 2. The van der Waals surface area contributed by atoms with Crippen LogP contribution in [0.2, 0.25) is 5.02 Å². The van der Waals surface area contributed by atoms with E-state index in [-0.39, 0.29) is 11.9 Å². The van der Waals surface area contributed by atoms with Crippen molar-refractivity contribution in [3.05, 3.63) is 27.3 Å². The van der Waals surface area contributed by atoms with Crippen molar-refractivity contribution in [3.63, 3.8) is 0 Å². The van der Waals surface area contributed by atoms with Gasteiger partial charge in [0.05, 0.1) is 23.0 Å². The molecule has 0 bridgehead atoms. The van der Waals surface area contributed by atoms with Crippen molar-refractivity contribution >= 4 is 44.4 Å². The highest BCUT2D eigenvalue weighted by molar-refractivity contribution is 9.10. The number of hydrogen-bond donors (Lipinski definition) is 0. The molecular weight excluding hydrogens is 360 g/mol. The third-order valence-corrected chi connectivity index (χ3v) is 4.29. The summed E-state index contributed by atoms with van der Waals surface area (Å²) in [5.41, 5.74) is 0.987. The number of rotatable bonds is 2. The summed E-state index contributed by atoms with van der Waals surface area (Å²) in [4.78, 5) is 12.0. The zero-order valence-corrected chi connectivity index (χ0v) is 13.8. The molecule has 1 aliphatic heterocycles. The smallest absolute Gasteiger partial charge is 0.359 e. The maximum absolute atomic E-state index is 12.0. The lowest BCUT2D eigenvalue weighted by atomic mass is 10.1. The first-order valence-corrected chi connectivity index (χ1v) is 7.86. The van der Waals surface area contributed by atoms with Crippen LogP contribution in [-0.4, -0.2) is 29.5 Å². The van der Waals surface area contributed by atoms with Crippen LogP contribution in [0.3, 0.4) is 0 Å². The van der Waals surface area contributed by atoms with Crippen molar-refractivity contribution in [1.29, 1.82) is 0 Å². The molecule has 1 aromatic heterocycles. The molecule has 1 saturated heterocycles. The van der Waals surface area contributed by atoms with Crippen LogP contribution in [0.15, 0.2) is 16.6 Å². The Labute approximate surface area is 135 Å². The number of esters is 1. The first-order valence-electron chi connectivity index (χ1n) is 6.69. The van der Waals surface area contributed by atoms with E-state index in [4.69, 9.17) is 21.1 Å². The fourth-order valence-electron chi connectivity index (χ4n) is 2.56. The minimum absolute atomic E-state index is 0.176. The number of ether oxygens (including phenoxy) is 2. The van der Waals surface area contributed by atoms with Crippen molar-refractivity contribution in [2.24, 2.45) is 0 Å². The summed E-state index contributed by atoms with van der Waals surface area (Å²) < 4.78 is 13.1. The lowest BCUT2D eigenvalue weighted by Crippen LogP contribution is -2.19. The number of hydrogen-bond acceptors (Lipinski definition) is 4. The van der Waals surface area contributed by atoms with Crippen molar-refractivity contribution in [3.8, 4) is 0 Å². The van der Waals surface area contributed by atoms with Crippen LogP contribution in [0.25, 0.3) is 10.9 Å². The van der Waals surface area contributed by atoms with Gasteiger partial charge < -0.3 is 9.47 Å². The van der Waals surface area contributed by atoms with Crippen molar-refractivity contribution in [1.82, 2.24) is 9.78 Å². The van der Waals surface area contributed by atoms with Crippen LogP contribution in [0.4, 0.5) is 0 Å². The molecule has 5 nitrogen and oxygen atoms in total. The number of aromatic nitrogens is 2. The Hall–Kier alpha value is -1.11. The number of benzene rings is 1. The molecule has 7 heteroatoms. The molecule has 2 aromatic rings. The molecule has 112 valence electrons. The summed E-state index contributed by atoms with van der Waals surface area (Å²) >= 11 is 9.71. The summed E-state index contributed by atoms with van der Waals surface area (Å²) in [6.07, 6.45) is 2.80. The van der Waals surface area contributed by atoms with Gasteiger partial charge in [-0.25, -0.2) is 9.48 Å². The molecule has 1 aromatic carbocycles. The van der Waals surface area contributed by atoms with Crippen LogP contribution >= 0.6 is 27.5 Å². The van der Waals surface area contributed by atoms with Gasteiger partial charge >= 0.3 is 5.97 Å². The van der Waals surface area contributed by atoms with Crippen LogP contribution < -0.4 is 0 Å². The number of carbonyl (C=O) groups is 1. The van der Waals surface area contributed by atoms with Crippen molar-refractivity contribution in [2.75, 3.05) is 13.7 Å². The van der Waals surface area contributed by atoms with Crippen LogP contribution in [0.5, 0.6) is 0 Å². The molecule has 1 aliphatic rings. The summed E-state index contributed by atoms with van der Waals surface area (Å²) in [6.45, 7) is 0.696. The zero-order valence-electron chi connectivity index (χ0n) is 11.4. The Morgan fingerprint density at radius 2 is 2.33 bits per heavy atom. The van der Waals surface area contributed by atoms with Gasteiger partial charge in [0.15, 0.2) is 11.9 Å². The number of carbonyl (C=O) groups excluding carboxylic acids is 1. The molecule has 1 atom stereocenters. The monoisotopic (exact) mass is 372 g/mol. The second-order valence-electron chi connectivity index (χ2n) is 4.89. The van der Waals surface area contributed by atoms with Crippen LogP contribution in [0, 0.1) is 0 Å². The number of methoxy groups -OCH3 is 1. The van der Waals surface area contributed by atoms with E-state index in [9.17, 15) is 4.79 Å². The molecule has 1 unspecified atom stereocenters. The van der Waals surface area contributed by atoms with Crippen LogP contribution in [-0.2, 0) is 9.47 Å². The van der Waals surface area contributed by atoms with Crippen molar-refractivity contribution < 1.29 is 14.3 Å². The largest absolute Gasteiger partial charge is 0.464 e. The molecule has 0 aliphatic carbocycles. The molecule has 3 rings (SSSR count). The fourth-order valence-corrected chi connectivity index (χ4v) is 3.44. The van der Waals surface area contributed by atoms with E-state index in [1.807, 2.05) is 6.07 Å². The quantitative estimate of drug-likeness (QED) is 0.748. The van der Waals surface area contributed by atoms with Gasteiger partial charge in [0.25, 0.3) is 0 Å². The van der Waals surface area contributed by atoms with Gasteiger partial charge in [-0.3, -0.25) is 0 Å².